The van der Waals surface area contributed by atoms with Gasteiger partial charge in [0.25, 0.3) is 0 Å². The number of rotatable bonds is 16. The molecule has 0 saturated heterocycles. The van der Waals surface area contributed by atoms with Gasteiger partial charge in [-0.25, -0.2) is 0 Å². The highest BCUT2D eigenvalue weighted by atomic mass is 16.5. The van der Waals surface area contributed by atoms with E-state index in [1.807, 2.05) is 6.08 Å². The highest BCUT2D eigenvalue weighted by molar-refractivity contribution is 5.66. The van der Waals surface area contributed by atoms with Gasteiger partial charge in [-0.05, 0) is 18.9 Å². The molecular weight excluding hydrogens is 272 g/mol. The summed E-state index contributed by atoms with van der Waals surface area (Å²) in [5, 5.41) is 0. The van der Waals surface area contributed by atoms with Gasteiger partial charge in [-0.1, -0.05) is 90.4 Å². The van der Waals surface area contributed by atoms with Crippen LogP contribution in [0.3, 0.4) is 0 Å². The molecule has 0 rings (SSSR count). The summed E-state index contributed by atoms with van der Waals surface area (Å²) < 4.78 is 4.74. The largest absolute Gasteiger partial charge is 0.435 e. The van der Waals surface area contributed by atoms with Gasteiger partial charge in [-0.3, -0.25) is 4.79 Å². The first-order valence-electron chi connectivity index (χ1n) is 9.59. The third kappa shape index (κ3) is 19.2. The Bertz CT molecular complexity index is 258. The Hall–Kier alpha value is -0.790. The molecule has 0 bridgehead atoms. The predicted molar refractivity (Wildman–Crippen MR) is 95.8 cm³/mol. The zero-order valence-electron chi connectivity index (χ0n) is 15.1. The van der Waals surface area contributed by atoms with E-state index in [-0.39, 0.29) is 5.97 Å². The summed E-state index contributed by atoms with van der Waals surface area (Å²) in [6, 6.07) is 0. The lowest BCUT2D eigenvalue weighted by molar-refractivity contribution is -0.135. The van der Waals surface area contributed by atoms with Crippen LogP contribution in [0.1, 0.15) is 110 Å². The van der Waals surface area contributed by atoms with E-state index in [2.05, 4.69) is 6.92 Å². The van der Waals surface area contributed by atoms with Crippen LogP contribution in [0.4, 0.5) is 0 Å². The maximum Gasteiger partial charge on any atom is 0.307 e. The molecule has 0 atom stereocenters. The van der Waals surface area contributed by atoms with Gasteiger partial charge in [-0.2, -0.15) is 0 Å². The number of esters is 1. The molecule has 0 saturated carbocycles. The average Bonchev–Trinajstić information content (AvgIpc) is 2.50. The standard InChI is InChI=1S/C20H38O2/c1-3-4-5-6-7-8-9-10-11-12-13-14-15-16-17-18-19-22-20(2)21/h18-19H,3-17H2,1-2H3/b19-18-. The van der Waals surface area contributed by atoms with Crippen LogP contribution in [0.5, 0.6) is 0 Å². The van der Waals surface area contributed by atoms with Crippen LogP contribution in [-0.2, 0) is 9.53 Å². The number of ether oxygens (including phenoxy) is 1. The van der Waals surface area contributed by atoms with Crippen molar-refractivity contribution in [2.75, 3.05) is 0 Å². The molecule has 0 unspecified atom stereocenters. The summed E-state index contributed by atoms with van der Waals surface area (Å²) in [6.07, 6.45) is 23.9. The van der Waals surface area contributed by atoms with E-state index in [1.54, 1.807) is 0 Å². The van der Waals surface area contributed by atoms with Crippen LogP contribution >= 0.6 is 0 Å². The normalized spacial score (nSPS) is 11.2. The number of allylic oxidation sites excluding steroid dienone is 1. The zero-order chi connectivity index (χ0) is 16.3. The lowest BCUT2D eigenvalue weighted by Crippen LogP contribution is -1.89. The Morgan fingerprint density at radius 2 is 1.14 bits per heavy atom. The van der Waals surface area contributed by atoms with Crippen molar-refractivity contribution in [3.63, 3.8) is 0 Å². The number of hydrogen-bond acceptors (Lipinski definition) is 2. The molecule has 0 aliphatic heterocycles. The fraction of sp³-hybridized carbons (Fsp3) is 0.850. The maximum atomic E-state index is 10.5. The molecule has 0 N–H and O–H groups in total. The molecule has 0 heterocycles. The third-order valence-electron chi connectivity index (χ3n) is 4.05. The Kier molecular flexibility index (Phi) is 17.6. The van der Waals surface area contributed by atoms with E-state index >= 15 is 0 Å². The molecule has 22 heavy (non-hydrogen) atoms. The molecule has 0 spiro atoms. The van der Waals surface area contributed by atoms with Gasteiger partial charge in [0.15, 0.2) is 0 Å². The first-order chi connectivity index (χ1) is 10.8. The van der Waals surface area contributed by atoms with Gasteiger partial charge in [0.2, 0.25) is 0 Å². The topological polar surface area (TPSA) is 26.3 Å². The molecule has 2 nitrogen and oxygen atoms in total. The second kappa shape index (κ2) is 18.3. The molecule has 0 aromatic heterocycles. The van der Waals surface area contributed by atoms with E-state index in [1.165, 1.54) is 103 Å². The zero-order valence-corrected chi connectivity index (χ0v) is 15.1. The molecule has 0 amide bonds. The van der Waals surface area contributed by atoms with Crippen LogP contribution in [0.2, 0.25) is 0 Å². The van der Waals surface area contributed by atoms with Crippen LogP contribution in [-0.4, -0.2) is 5.97 Å². The SMILES string of the molecule is CCCCCCCCCCCCCCCC/C=C\OC(C)=O. The highest BCUT2D eigenvalue weighted by Gasteiger charge is 1.93. The lowest BCUT2D eigenvalue weighted by Gasteiger charge is -2.02. The monoisotopic (exact) mass is 310 g/mol. The molecule has 0 aliphatic rings. The van der Waals surface area contributed by atoms with Crippen molar-refractivity contribution in [3.8, 4) is 0 Å². The number of carbonyl (C=O) groups is 1. The van der Waals surface area contributed by atoms with E-state index in [0.29, 0.717) is 0 Å². The fourth-order valence-corrected chi connectivity index (χ4v) is 2.67. The molecular formula is C20H38O2. The van der Waals surface area contributed by atoms with Gasteiger partial charge in [-0.15, -0.1) is 0 Å². The van der Waals surface area contributed by atoms with Gasteiger partial charge >= 0.3 is 5.97 Å². The van der Waals surface area contributed by atoms with E-state index in [9.17, 15) is 4.79 Å². The summed E-state index contributed by atoms with van der Waals surface area (Å²) in [7, 11) is 0. The van der Waals surface area contributed by atoms with Crippen molar-refractivity contribution in [3.05, 3.63) is 12.3 Å². The lowest BCUT2D eigenvalue weighted by atomic mass is 10.0. The van der Waals surface area contributed by atoms with Crippen molar-refractivity contribution < 1.29 is 9.53 Å². The predicted octanol–water partition coefficient (Wildman–Crippen LogP) is 6.93. The van der Waals surface area contributed by atoms with Gasteiger partial charge in [0.1, 0.15) is 0 Å². The second-order valence-corrected chi connectivity index (χ2v) is 6.37. The second-order valence-electron chi connectivity index (χ2n) is 6.37. The Morgan fingerprint density at radius 3 is 1.55 bits per heavy atom. The van der Waals surface area contributed by atoms with Gasteiger partial charge < -0.3 is 4.74 Å². The minimum absolute atomic E-state index is 0.239. The maximum absolute atomic E-state index is 10.5. The van der Waals surface area contributed by atoms with Crippen molar-refractivity contribution in [1.29, 1.82) is 0 Å². The first kappa shape index (κ1) is 21.2. The summed E-state index contributed by atoms with van der Waals surface area (Å²) in [6.45, 7) is 3.70. The minimum Gasteiger partial charge on any atom is -0.435 e. The van der Waals surface area contributed by atoms with Crippen molar-refractivity contribution in [2.45, 2.75) is 110 Å². The highest BCUT2D eigenvalue weighted by Crippen LogP contribution is 2.13. The first-order valence-corrected chi connectivity index (χ1v) is 9.59. The van der Waals surface area contributed by atoms with Crippen LogP contribution in [0, 0.1) is 0 Å². The van der Waals surface area contributed by atoms with Crippen molar-refractivity contribution in [2.24, 2.45) is 0 Å². The number of hydrogen-bond donors (Lipinski definition) is 0. The third-order valence-corrected chi connectivity index (χ3v) is 4.05. The summed E-state index contributed by atoms with van der Waals surface area (Å²) in [5.41, 5.74) is 0. The quantitative estimate of drug-likeness (QED) is 0.175. The van der Waals surface area contributed by atoms with E-state index in [0.717, 1.165) is 6.42 Å². The fourth-order valence-electron chi connectivity index (χ4n) is 2.67. The number of carbonyl (C=O) groups excluding carboxylic acids is 1. The summed E-state index contributed by atoms with van der Waals surface area (Å²) in [5.74, 6) is -0.239. The molecule has 2 heteroatoms. The van der Waals surface area contributed by atoms with E-state index in [4.69, 9.17) is 4.74 Å². The Balaban J connectivity index is 3.02. The molecule has 0 aliphatic carbocycles. The van der Waals surface area contributed by atoms with Gasteiger partial charge in [0.05, 0.1) is 6.26 Å². The molecule has 0 aromatic carbocycles. The van der Waals surface area contributed by atoms with Crippen LogP contribution in [0.25, 0.3) is 0 Å². The molecule has 0 radical (unpaired) electrons. The average molecular weight is 311 g/mol. The van der Waals surface area contributed by atoms with E-state index < -0.39 is 0 Å². The number of unbranched alkanes of at least 4 members (excludes halogenated alkanes) is 14. The van der Waals surface area contributed by atoms with Gasteiger partial charge in [0, 0.05) is 6.92 Å². The van der Waals surface area contributed by atoms with Crippen LogP contribution in [0.15, 0.2) is 12.3 Å². The smallest absolute Gasteiger partial charge is 0.307 e. The van der Waals surface area contributed by atoms with Crippen LogP contribution < -0.4 is 0 Å². The molecule has 130 valence electrons. The summed E-state index contributed by atoms with van der Waals surface area (Å²) >= 11 is 0. The Labute approximate surface area is 138 Å². The van der Waals surface area contributed by atoms with Crippen molar-refractivity contribution in [1.82, 2.24) is 0 Å². The van der Waals surface area contributed by atoms with Crippen molar-refractivity contribution >= 4 is 5.97 Å². The Morgan fingerprint density at radius 1 is 0.727 bits per heavy atom. The minimum atomic E-state index is -0.239. The molecule has 0 fully saturated rings. The molecule has 0 aromatic rings. The summed E-state index contributed by atoms with van der Waals surface area (Å²) in [4.78, 5) is 10.5.